The number of hydrogen-bond donors (Lipinski definition) is 1. The van der Waals surface area contributed by atoms with Crippen LogP contribution in [0, 0.1) is 5.92 Å². The molecule has 0 saturated carbocycles. The van der Waals surface area contributed by atoms with E-state index in [-0.39, 0.29) is 5.92 Å². The van der Waals surface area contributed by atoms with Gasteiger partial charge in [0.05, 0.1) is 5.92 Å². The van der Waals surface area contributed by atoms with Gasteiger partial charge in [-0.25, -0.2) is 0 Å². The number of carboxylic acid groups (broad SMARTS) is 1. The number of hydrogen-bond acceptors (Lipinski definition) is 1. The van der Waals surface area contributed by atoms with E-state index in [2.05, 4.69) is 0 Å². The molecule has 0 saturated heterocycles. The summed E-state index contributed by atoms with van der Waals surface area (Å²) in [7, 11) is 0. The van der Waals surface area contributed by atoms with E-state index < -0.39 is 5.97 Å². The summed E-state index contributed by atoms with van der Waals surface area (Å²) in [5.41, 5.74) is 3.28. The topological polar surface area (TPSA) is 37.3 Å². The van der Waals surface area contributed by atoms with Crippen molar-refractivity contribution < 1.29 is 9.90 Å². The molecular formula is C14H14O2. The molecule has 0 aliphatic heterocycles. The van der Waals surface area contributed by atoms with Crippen LogP contribution >= 0.6 is 0 Å². The molecule has 1 atom stereocenters. The van der Waals surface area contributed by atoms with Gasteiger partial charge in [-0.2, -0.15) is 0 Å². The van der Waals surface area contributed by atoms with Gasteiger partial charge in [-0.1, -0.05) is 42.5 Å². The largest absolute Gasteiger partial charge is 0.481 e. The van der Waals surface area contributed by atoms with Crippen LogP contribution < -0.4 is 0 Å². The normalized spacial score (nSPS) is 19.9. The van der Waals surface area contributed by atoms with Crippen LogP contribution in [0.25, 0.3) is 5.57 Å². The maximum atomic E-state index is 11.0. The van der Waals surface area contributed by atoms with Gasteiger partial charge in [0.1, 0.15) is 0 Å². The van der Waals surface area contributed by atoms with E-state index in [1.165, 1.54) is 0 Å². The van der Waals surface area contributed by atoms with Crippen LogP contribution in [0.15, 0.2) is 48.1 Å². The summed E-state index contributed by atoms with van der Waals surface area (Å²) < 4.78 is 0. The van der Waals surface area contributed by atoms with E-state index in [9.17, 15) is 4.79 Å². The molecule has 1 aromatic carbocycles. The fourth-order valence-electron chi connectivity index (χ4n) is 1.93. The van der Waals surface area contributed by atoms with Crippen molar-refractivity contribution in [1.29, 1.82) is 0 Å². The van der Waals surface area contributed by atoms with Crippen molar-refractivity contribution in [1.82, 2.24) is 0 Å². The van der Waals surface area contributed by atoms with Gasteiger partial charge in [0.2, 0.25) is 0 Å². The Morgan fingerprint density at radius 3 is 2.62 bits per heavy atom. The molecule has 82 valence electrons. The highest BCUT2D eigenvalue weighted by Crippen LogP contribution is 2.30. The van der Waals surface area contributed by atoms with Crippen LogP contribution in [0.4, 0.5) is 0 Å². The smallest absolute Gasteiger partial charge is 0.310 e. The Bertz CT molecular complexity index is 455. The number of aliphatic carboxylic acids is 1. The van der Waals surface area contributed by atoms with E-state index >= 15 is 0 Å². The first-order valence-electron chi connectivity index (χ1n) is 5.35. The molecule has 0 radical (unpaired) electrons. The van der Waals surface area contributed by atoms with Gasteiger partial charge in [-0.05, 0) is 30.1 Å². The molecule has 0 fully saturated rings. The summed E-state index contributed by atoms with van der Waals surface area (Å²) in [6.45, 7) is 2.02. The monoisotopic (exact) mass is 214 g/mol. The number of carbonyl (C=O) groups is 1. The highest BCUT2D eigenvalue weighted by Gasteiger charge is 2.19. The van der Waals surface area contributed by atoms with Crippen molar-refractivity contribution in [2.75, 3.05) is 0 Å². The van der Waals surface area contributed by atoms with Gasteiger partial charge in [-0.3, -0.25) is 4.79 Å². The summed E-state index contributed by atoms with van der Waals surface area (Å²) in [5.74, 6) is -1.14. The Hall–Kier alpha value is -1.83. The average Bonchev–Trinajstić information content (AvgIpc) is 2.30. The molecule has 16 heavy (non-hydrogen) atoms. The van der Waals surface area contributed by atoms with Crippen molar-refractivity contribution in [3.63, 3.8) is 0 Å². The Balaban J connectivity index is 2.38. The van der Waals surface area contributed by atoms with Gasteiger partial charge in [0.15, 0.2) is 0 Å². The average molecular weight is 214 g/mol. The lowest BCUT2D eigenvalue weighted by Gasteiger charge is -2.17. The molecule has 1 aromatic rings. The molecule has 2 rings (SSSR count). The Labute approximate surface area is 94.9 Å². The first kappa shape index (κ1) is 10.7. The van der Waals surface area contributed by atoms with E-state index in [4.69, 9.17) is 5.11 Å². The fraction of sp³-hybridized carbons (Fsp3) is 0.214. The molecule has 0 aromatic heterocycles. The maximum absolute atomic E-state index is 11.0. The number of allylic oxidation sites excluding steroid dienone is 3. The molecule has 1 aliphatic carbocycles. The Morgan fingerprint density at radius 1 is 1.31 bits per heavy atom. The van der Waals surface area contributed by atoms with Crippen molar-refractivity contribution in [2.45, 2.75) is 13.3 Å². The van der Waals surface area contributed by atoms with Crippen molar-refractivity contribution in [2.24, 2.45) is 5.92 Å². The number of carboxylic acids is 1. The SMILES string of the molecule is CC1=CC[C@H](C(=O)O)C=C1c1ccccc1. The summed E-state index contributed by atoms with van der Waals surface area (Å²) in [6.07, 6.45) is 4.45. The third kappa shape index (κ3) is 2.06. The van der Waals surface area contributed by atoms with Gasteiger partial charge in [-0.15, -0.1) is 0 Å². The van der Waals surface area contributed by atoms with Gasteiger partial charge in [0.25, 0.3) is 0 Å². The van der Waals surface area contributed by atoms with Crippen LogP contribution in [-0.4, -0.2) is 11.1 Å². The molecule has 2 heteroatoms. The zero-order valence-corrected chi connectivity index (χ0v) is 9.18. The molecule has 0 spiro atoms. The first-order valence-corrected chi connectivity index (χ1v) is 5.35. The highest BCUT2D eigenvalue weighted by atomic mass is 16.4. The zero-order valence-electron chi connectivity index (χ0n) is 9.18. The lowest BCUT2D eigenvalue weighted by molar-refractivity contribution is -0.139. The highest BCUT2D eigenvalue weighted by molar-refractivity contribution is 5.84. The second-order valence-corrected chi connectivity index (χ2v) is 4.01. The third-order valence-electron chi connectivity index (χ3n) is 2.87. The molecule has 1 aliphatic rings. The molecule has 2 nitrogen and oxygen atoms in total. The van der Waals surface area contributed by atoms with Crippen molar-refractivity contribution >= 4 is 11.5 Å². The molecule has 1 N–H and O–H groups in total. The van der Waals surface area contributed by atoms with Crippen LogP contribution in [0.5, 0.6) is 0 Å². The number of benzene rings is 1. The molecular weight excluding hydrogens is 200 g/mol. The lowest BCUT2D eigenvalue weighted by atomic mass is 9.87. The summed E-state index contributed by atoms with van der Waals surface area (Å²) >= 11 is 0. The minimum absolute atomic E-state index is 0.390. The minimum Gasteiger partial charge on any atom is -0.481 e. The quantitative estimate of drug-likeness (QED) is 0.821. The maximum Gasteiger partial charge on any atom is 0.310 e. The molecule has 0 bridgehead atoms. The van der Waals surface area contributed by atoms with E-state index in [1.807, 2.05) is 49.4 Å². The summed E-state index contributed by atoms with van der Waals surface area (Å²) in [5, 5.41) is 9.02. The number of rotatable bonds is 2. The van der Waals surface area contributed by atoms with Crippen LogP contribution in [0.2, 0.25) is 0 Å². The second kappa shape index (κ2) is 4.35. The first-order chi connectivity index (χ1) is 7.68. The van der Waals surface area contributed by atoms with E-state index in [0.29, 0.717) is 6.42 Å². The lowest BCUT2D eigenvalue weighted by Crippen LogP contribution is -2.13. The fourth-order valence-corrected chi connectivity index (χ4v) is 1.93. The van der Waals surface area contributed by atoms with Crippen molar-refractivity contribution in [3.05, 3.63) is 53.6 Å². The van der Waals surface area contributed by atoms with Crippen LogP contribution in [0.3, 0.4) is 0 Å². The molecule has 0 unspecified atom stereocenters. The third-order valence-corrected chi connectivity index (χ3v) is 2.87. The molecule has 0 amide bonds. The standard InChI is InChI=1S/C14H14O2/c1-10-7-8-12(14(15)16)9-13(10)11-5-3-2-4-6-11/h2-7,9,12H,8H2,1H3,(H,15,16)/t12-/m0/s1. The Morgan fingerprint density at radius 2 is 2.00 bits per heavy atom. The van der Waals surface area contributed by atoms with Gasteiger partial charge >= 0.3 is 5.97 Å². The van der Waals surface area contributed by atoms with Gasteiger partial charge < -0.3 is 5.11 Å². The minimum atomic E-state index is -0.753. The van der Waals surface area contributed by atoms with E-state index in [1.54, 1.807) is 0 Å². The summed E-state index contributed by atoms with van der Waals surface area (Å²) in [6, 6.07) is 9.91. The molecule has 0 heterocycles. The second-order valence-electron chi connectivity index (χ2n) is 4.01. The van der Waals surface area contributed by atoms with Crippen LogP contribution in [-0.2, 0) is 4.79 Å². The Kier molecular flexibility index (Phi) is 2.91. The van der Waals surface area contributed by atoms with Crippen molar-refractivity contribution in [3.8, 4) is 0 Å². The predicted octanol–water partition coefficient (Wildman–Crippen LogP) is 3.12. The predicted molar refractivity (Wildman–Crippen MR) is 63.9 cm³/mol. The van der Waals surface area contributed by atoms with Crippen LogP contribution in [0.1, 0.15) is 18.9 Å². The van der Waals surface area contributed by atoms with E-state index in [0.717, 1.165) is 16.7 Å². The van der Waals surface area contributed by atoms with Gasteiger partial charge in [0, 0.05) is 0 Å². The summed E-state index contributed by atoms with van der Waals surface area (Å²) in [4.78, 5) is 11.0. The zero-order chi connectivity index (χ0) is 11.5.